The largest absolute Gasteiger partial charge is 0.480 e. The van der Waals surface area contributed by atoms with Crippen molar-refractivity contribution in [2.45, 2.75) is 44.7 Å². The molecule has 1 fully saturated rings. The predicted molar refractivity (Wildman–Crippen MR) is 61.8 cm³/mol. The molecule has 0 bridgehead atoms. The number of nitrogens with one attached hydrogen (secondary N) is 2. The van der Waals surface area contributed by atoms with Crippen molar-refractivity contribution >= 4 is 12.0 Å². The van der Waals surface area contributed by atoms with Crippen LogP contribution in [-0.2, 0) is 9.53 Å². The van der Waals surface area contributed by atoms with Crippen molar-refractivity contribution in [3.63, 3.8) is 0 Å². The molecule has 0 aliphatic carbocycles. The molecule has 0 aromatic carbocycles. The van der Waals surface area contributed by atoms with Crippen molar-refractivity contribution in [3.05, 3.63) is 0 Å². The molecule has 1 aliphatic rings. The van der Waals surface area contributed by atoms with Crippen molar-refractivity contribution in [2.75, 3.05) is 13.2 Å². The number of urea groups is 1. The van der Waals surface area contributed by atoms with Gasteiger partial charge in [0.2, 0.25) is 0 Å². The third kappa shape index (κ3) is 3.89. The van der Waals surface area contributed by atoms with Crippen molar-refractivity contribution in [3.8, 4) is 0 Å². The lowest BCUT2D eigenvalue weighted by Gasteiger charge is -2.28. The lowest BCUT2D eigenvalue weighted by molar-refractivity contribution is -0.143. The number of rotatable bonds is 4. The Bertz CT molecular complexity index is 289. The van der Waals surface area contributed by atoms with E-state index in [9.17, 15) is 9.59 Å². The molecule has 0 spiro atoms. The van der Waals surface area contributed by atoms with Gasteiger partial charge in [-0.15, -0.1) is 0 Å². The number of carbonyl (C=O) groups excluding carboxylic acids is 1. The summed E-state index contributed by atoms with van der Waals surface area (Å²) in [4.78, 5) is 22.7. The van der Waals surface area contributed by atoms with Crippen LogP contribution in [0.15, 0.2) is 0 Å². The second-order valence-corrected chi connectivity index (χ2v) is 4.50. The highest BCUT2D eigenvalue weighted by Gasteiger charge is 2.33. The predicted octanol–water partition coefficient (Wildman–Crippen LogP) is 0.718. The van der Waals surface area contributed by atoms with Crippen LogP contribution in [0, 0.1) is 0 Å². The molecule has 6 heteroatoms. The van der Waals surface area contributed by atoms with Crippen molar-refractivity contribution in [1.29, 1.82) is 0 Å². The molecular formula is C11H20N2O4. The second kappa shape index (κ2) is 5.86. The van der Waals surface area contributed by atoms with Gasteiger partial charge in [0.25, 0.3) is 0 Å². The minimum atomic E-state index is -1.22. The average Bonchev–Trinajstić information content (AvgIpc) is 2.29. The lowest BCUT2D eigenvalue weighted by Crippen LogP contribution is -2.57. The standard InChI is InChI=1S/C11H20N2O4/c1-3-11(2,9(14)15)13-10(16)12-8-5-4-6-17-7-8/h8H,3-7H2,1-2H3,(H,14,15)(H2,12,13,16). The monoisotopic (exact) mass is 244 g/mol. The van der Waals surface area contributed by atoms with Crippen LogP contribution in [0.5, 0.6) is 0 Å². The molecule has 2 unspecified atom stereocenters. The van der Waals surface area contributed by atoms with Crippen LogP contribution in [0.2, 0.25) is 0 Å². The van der Waals surface area contributed by atoms with Crippen LogP contribution in [0.1, 0.15) is 33.1 Å². The van der Waals surface area contributed by atoms with Crippen molar-refractivity contribution in [2.24, 2.45) is 0 Å². The van der Waals surface area contributed by atoms with Gasteiger partial charge in [-0.1, -0.05) is 6.92 Å². The molecule has 3 N–H and O–H groups in total. The van der Waals surface area contributed by atoms with E-state index in [0.29, 0.717) is 13.0 Å². The van der Waals surface area contributed by atoms with Gasteiger partial charge in [-0.05, 0) is 26.2 Å². The first-order chi connectivity index (χ1) is 7.98. The normalized spacial score (nSPS) is 23.5. The molecule has 98 valence electrons. The Morgan fingerprint density at radius 3 is 2.71 bits per heavy atom. The van der Waals surface area contributed by atoms with E-state index in [1.165, 1.54) is 6.92 Å². The van der Waals surface area contributed by atoms with Gasteiger partial charge < -0.3 is 20.5 Å². The first-order valence-electron chi connectivity index (χ1n) is 5.88. The summed E-state index contributed by atoms with van der Waals surface area (Å²) in [7, 11) is 0. The summed E-state index contributed by atoms with van der Waals surface area (Å²) >= 11 is 0. The molecule has 17 heavy (non-hydrogen) atoms. The minimum absolute atomic E-state index is 0.0290. The number of ether oxygens (including phenoxy) is 1. The molecule has 1 heterocycles. The van der Waals surface area contributed by atoms with Crippen LogP contribution in [0.4, 0.5) is 4.79 Å². The number of carboxylic acids is 1. The number of hydrogen-bond donors (Lipinski definition) is 3. The van der Waals surface area contributed by atoms with Crippen LogP contribution in [0.3, 0.4) is 0 Å². The number of hydrogen-bond acceptors (Lipinski definition) is 3. The van der Waals surface area contributed by atoms with Gasteiger partial charge in [-0.25, -0.2) is 9.59 Å². The summed E-state index contributed by atoms with van der Waals surface area (Å²) in [5.74, 6) is -1.03. The molecular weight excluding hydrogens is 224 g/mol. The maximum absolute atomic E-state index is 11.6. The fraction of sp³-hybridized carbons (Fsp3) is 0.818. The molecule has 0 saturated carbocycles. The van der Waals surface area contributed by atoms with E-state index in [0.717, 1.165) is 19.4 Å². The van der Waals surface area contributed by atoms with Crippen molar-refractivity contribution < 1.29 is 19.4 Å². The summed E-state index contributed by atoms with van der Waals surface area (Å²) in [5.41, 5.74) is -1.22. The van der Waals surface area contributed by atoms with Crippen LogP contribution >= 0.6 is 0 Å². The smallest absolute Gasteiger partial charge is 0.329 e. The molecule has 6 nitrogen and oxygen atoms in total. The summed E-state index contributed by atoms with van der Waals surface area (Å²) in [5, 5.41) is 14.2. The van der Waals surface area contributed by atoms with Crippen LogP contribution in [0.25, 0.3) is 0 Å². The Morgan fingerprint density at radius 2 is 2.24 bits per heavy atom. The third-order valence-electron chi connectivity index (χ3n) is 3.06. The SMILES string of the molecule is CCC(C)(NC(=O)NC1CCCOC1)C(=O)O. The zero-order valence-corrected chi connectivity index (χ0v) is 10.3. The molecule has 1 aliphatic heterocycles. The Hall–Kier alpha value is -1.30. The van der Waals surface area contributed by atoms with Crippen LogP contribution < -0.4 is 10.6 Å². The molecule has 2 atom stereocenters. The van der Waals surface area contributed by atoms with Gasteiger partial charge >= 0.3 is 12.0 Å². The van der Waals surface area contributed by atoms with E-state index in [2.05, 4.69) is 10.6 Å². The first kappa shape index (κ1) is 13.8. The Labute approximate surface area is 101 Å². The van der Waals surface area contributed by atoms with Crippen LogP contribution in [-0.4, -0.2) is 41.9 Å². The first-order valence-corrected chi connectivity index (χ1v) is 5.88. The van der Waals surface area contributed by atoms with Gasteiger partial charge in [0.15, 0.2) is 0 Å². The zero-order valence-electron chi connectivity index (χ0n) is 10.3. The average molecular weight is 244 g/mol. The molecule has 0 radical (unpaired) electrons. The van der Waals surface area contributed by atoms with Gasteiger partial charge in [-0.3, -0.25) is 0 Å². The van der Waals surface area contributed by atoms with E-state index >= 15 is 0 Å². The summed E-state index contributed by atoms with van der Waals surface area (Å²) in [6.45, 7) is 4.43. The van der Waals surface area contributed by atoms with Gasteiger partial charge in [0, 0.05) is 6.61 Å². The molecule has 0 aromatic rings. The quantitative estimate of drug-likeness (QED) is 0.680. The Morgan fingerprint density at radius 1 is 1.53 bits per heavy atom. The third-order valence-corrected chi connectivity index (χ3v) is 3.06. The highest BCUT2D eigenvalue weighted by molar-refractivity contribution is 5.85. The summed E-state index contributed by atoms with van der Waals surface area (Å²) in [6, 6.07) is -0.481. The van der Waals surface area contributed by atoms with E-state index in [1.807, 2.05) is 0 Å². The topological polar surface area (TPSA) is 87.7 Å². The molecule has 1 rings (SSSR count). The maximum Gasteiger partial charge on any atom is 0.329 e. The van der Waals surface area contributed by atoms with Gasteiger partial charge in [0.05, 0.1) is 12.6 Å². The zero-order chi connectivity index (χ0) is 12.9. The molecule has 1 saturated heterocycles. The Kier molecular flexibility index (Phi) is 4.74. The number of carboxylic acid groups (broad SMARTS) is 1. The number of carbonyl (C=O) groups is 2. The van der Waals surface area contributed by atoms with E-state index < -0.39 is 17.5 Å². The fourth-order valence-electron chi connectivity index (χ4n) is 1.62. The van der Waals surface area contributed by atoms with Gasteiger partial charge in [0.1, 0.15) is 5.54 Å². The van der Waals surface area contributed by atoms with E-state index in [-0.39, 0.29) is 6.04 Å². The van der Waals surface area contributed by atoms with Gasteiger partial charge in [-0.2, -0.15) is 0 Å². The number of aliphatic carboxylic acids is 1. The minimum Gasteiger partial charge on any atom is -0.480 e. The molecule has 2 amide bonds. The van der Waals surface area contributed by atoms with Crippen molar-refractivity contribution in [1.82, 2.24) is 10.6 Å². The van der Waals surface area contributed by atoms with E-state index in [1.54, 1.807) is 6.92 Å². The molecule has 0 aromatic heterocycles. The maximum atomic E-state index is 11.6. The highest BCUT2D eigenvalue weighted by Crippen LogP contribution is 2.10. The van der Waals surface area contributed by atoms with E-state index in [4.69, 9.17) is 9.84 Å². The number of amides is 2. The highest BCUT2D eigenvalue weighted by atomic mass is 16.5. The summed E-state index contributed by atoms with van der Waals surface area (Å²) < 4.78 is 5.23. The second-order valence-electron chi connectivity index (χ2n) is 4.50. The lowest BCUT2D eigenvalue weighted by atomic mass is 10.00. The Balaban J connectivity index is 2.44. The summed E-state index contributed by atoms with van der Waals surface area (Å²) in [6.07, 6.45) is 2.11. The fourth-order valence-corrected chi connectivity index (χ4v) is 1.62.